The van der Waals surface area contributed by atoms with Gasteiger partial charge in [-0.15, -0.1) is 6.58 Å². The van der Waals surface area contributed by atoms with Gasteiger partial charge in [0.25, 0.3) is 0 Å². The van der Waals surface area contributed by atoms with Gasteiger partial charge in [0.2, 0.25) is 5.60 Å². The molecule has 2 bridgehead atoms. The summed E-state index contributed by atoms with van der Waals surface area (Å²) in [4.78, 5) is 11.1. The highest BCUT2D eigenvalue weighted by Gasteiger charge is 2.63. The van der Waals surface area contributed by atoms with Crippen LogP contribution < -0.4 is 0 Å². The predicted molar refractivity (Wildman–Crippen MR) is 56.3 cm³/mol. The van der Waals surface area contributed by atoms with Gasteiger partial charge < -0.3 is 9.47 Å². The third-order valence-electron chi connectivity index (χ3n) is 3.06. The van der Waals surface area contributed by atoms with E-state index in [1.165, 1.54) is 6.92 Å². The normalized spacial score (nSPS) is 39.4. The Labute approximate surface area is 94.1 Å². The zero-order chi connectivity index (χ0) is 11.8. The van der Waals surface area contributed by atoms with Crippen LogP contribution in [0.5, 0.6) is 0 Å². The average Bonchev–Trinajstić information content (AvgIpc) is 2.73. The van der Waals surface area contributed by atoms with Crippen molar-refractivity contribution in [2.24, 2.45) is 0 Å². The van der Waals surface area contributed by atoms with Crippen LogP contribution >= 0.6 is 0 Å². The minimum absolute atomic E-state index is 0.140. The summed E-state index contributed by atoms with van der Waals surface area (Å²) in [6.45, 7) is 4.95. The van der Waals surface area contributed by atoms with Gasteiger partial charge in [0.15, 0.2) is 0 Å². The maximum absolute atomic E-state index is 11.1. The lowest BCUT2D eigenvalue weighted by molar-refractivity contribution is -0.161. The SMILES string of the molecule is C=CC[C@]12C=C[C@H](C[C@@]1(C#N)OC(C)=O)O2. The summed E-state index contributed by atoms with van der Waals surface area (Å²) in [5.74, 6) is -0.463. The molecule has 16 heavy (non-hydrogen) atoms. The number of hydrogen-bond acceptors (Lipinski definition) is 4. The fourth-order valence-corrected chi connectivity index (χ4v) is 2.44. The second-order valence-corrected chi connectivity index (χ2v) is 4.13. The second kappa shape index (κ2) is 3.46. The first-order valence-corrected chi connectivity index (χ1v) is 5.16. The van der Waals surface area contributed by atoms with Gasteiger partial charge in [0.1, 0.15) is 11.7 Å². The Balaban J connectivity index is 2.39. The quantitative estimate of drug-likeness (QED) is 0.533. The fraction of sp³-hybridized carbons (Fsp3) is 0.500. The van der Waals surface area contributed by atoms with Crippen LogP contribution in [0.4, 0.5) is 0 Å². The number of hydrogen-bond donors (Lipinski definition) is 0. The topological polar surface area (TPSA) is 59.3 Å². The maximum atomic E-state index is 11.1. The van der Waals surface area contributed by atoms with Gasteiger partial charge in [0, 0.05) is 19.8 Å². The zero-order valence-electron chi connectivity index (χ0n) is 9.10. The summed E-state index contributed by atoms with van der Waals surface area (Å²) in [5.41, 5.74) is -2.05. The number of nitrogens with zero attached hydrogens (tertiary/aromatic N) is 1. The van der Waals surface area contributed by atoms with E-state index in [0.29, 0.717) is 12.8 Å². The highest BCUT2D eigenvalue weighted by Crippen LogP contribution is 2.50. The molecule has 0 aromatic heterocycles. The van der Waals surface area contributed by atoms with E-state index in [1.54, 1.807) is 6.08 Å². The van der Waals surface area contributed by atoms with E-state index < -0.39 is 17.2 Å². The van der Waals surface area contributed by atoms with Crippen molar-refractivity contribution in [3.63, 3.8) is 0 Å². The molecule has 0 aromatic rings. The molecule has 2 heterocycles. The summed E-state index contributed by atoms with van der Waals surface area (Å²) in [6, 6.07) is 2.10. The summed E-state index contributed by atoms with van der Waals surface area (Å²) in [5, 5.41) is 9.30. The highest BCUT2D eigenvalue weighted by molar-refractivity contribution is 5.67. The molecule has 0 aliphatic carbocycles. The number of esters is 1. The summed E-state index contributed by atoms with van der Waals surface area (Å²) >= 11 is 0. The molecule has 0 radical (unpaired) electrons. The third-order valence-corrected chi connectivity index (χ3v) is 3.06. The molecule has 0 N–H and O–H groups in total. The number of carbonyl (C=O) groups excluding carboxylic acids is 1. The molecule has 1 saturated heterocycles. The Hall–Kier alpha value is -1.60. The number of ether oxygens (including phenoxy) is 2. The lowest BCUT2D eigenvalue weighted by atomic mass is 9.77. The molecule has 2 aliphatic rings. The molecular weight excluding hydrogens is 206 g/mol. The van der Waals surface area contributed by atoms with Gasteiger partial charge in [-0.05, 0) is 6.08 Å². The van der Waals surface area contributed by atoms with Crippen molar-refractivity contribution >= 4 is 5.97 Å². The Kier molecular flexibility index (Phi) is 2.36. The molecular formula is C12H13NO3. The fourth-order valence-electron chi connectivity index (χ4n) is 2.44. The van der Waals surface area contributed by atoms with Crippen molar-refractivity contribution < 1.29 is 14.3 Å². The van der Waals surface area contributed by atoms with Crippen molar-refractivity contribution in [3.8, 4) is 6.07 Å². The van der Waals surface area contributed by atoms with Crippen LogP contribution in [0.25, 0.3) is 0 Å². The Morgan fingerprint density at radius 2 is 2.62 bits per heavy atom. The van der Waals surface area contributed by atoms with E-state index >= 15 is 0 Å². The zero-order valence-corrected chi connectivity index (χ0v) is 9.10. The van der Waals surface area contributed by atoms with Crippen molar-refractivity contribution in [3.05, 3.63) is 24.8 Å². The van der Waals surface area contributed by atoms with Crippen molar-refractivity contribution in [2.45, 2.75) is 37.1 Å². The Morgan fingerprint density at radius 1 is 1.88 bits per heavy atom. The van der Waals surface area contributed by atoms with E-state index in [0.717, 1.165) is 0 Å². The number of fused-ring (bicyclic) bond motifs is 2. The summed E-state index contributed by atoms with van der Waals surface area (Å²) in [7, 11) is 0. The molecule has 2 aliphatic heterocycles. The number of rotatable bonds is 3. The first-order valence-electron chi connectivity index (χ1n) is 5.16. The molecule has 4 nitrogen and oxygen atoms in total. The molecule has 0 unspecified atom stereocenters. The van der Waals surface area contributed by atoms with Gasteiger partial charge in [-0.2, -0.15) is 5.26 Å². The lowest BCUT2D eigenvalue weighted by Gasteiger charge is -2.35. The van der Waals surface area contributed by atoms with E-state index in [2.05, 4.69) is 12.6 Å². The van der Waals surface area contributed by atoms with Gasteiger partial charge in [0.05, 0.1) is 6.10 Å². The van der Waals surface area contributed by atoms with Gasteiger partial charge in [-0.1, -0.05) is 12.2 Å². The van der Waals surface area contributed by atoms with E-state index in [9.17, 15) is 10.1 Å². The highest BCUT2D eigenvalue weighted by atomic mass is 16.6. The molecule has 3 atom stereocenters. The van der Waals surface area contributed by atoms with Crippen molar-refractivity contribution in [2.75, 3.05) is 0 Å². The predicted octanol–water partition coefficient (Wildman–Crippen LogP) is 1.49. The third kappa shape index (κ3) is 1.29. The molecule has 2 rings (SSSR count). The molecule has 84 valence electrons. The number of carbonyl (C=O) groups is 1. The summed E-state index contributed by atoms with van der Waals surface area (Å²) in [6.07, 6.45) is 6.11. The largest absolute Gasteiger partial charge is 0.440 e. The van der Waals surface area contributed by atoms with E-state index in [-0.39, 0.29) is 6.10 Å². The minimum Gasteiger partial charge on any atom is -0.440 e. The maximum Gasteiger partial charge on any atom is 0.304 e. The van der Waals surface area contributed by atoms with Gasteiger partial charge in [-0.3, -0.25) is 4.79 Å². The summed E-state index contributed by atoms with van der Waals surface area (Å²) < 4.78 is 10.9. The average molecular weight is 219 g/mol. The molecule has 0 spiro atoms. The van der Waals surface area contributed by atoms with Crippen LogP contribution in [-0.4, -0.2) is 23.3 Å². The van der Waals surface area contributed by atoms with Crippen molar-refractivity contribution in [1.82, 2.24) is 0 Å². The molecule has 0 aromatic carbocycles. The Bertz CT molecular complexity index is 409. The first-order chi connectivity index (χ1) is 7.57. The smallest absolute Gasteiger partial charge is 0.304 e. The van der Waals surface area contributed by atoms with Crippen molar-refractivity contribution in [1.29, 1.82) is 5.26 Å². The Morgan fingerprint density at radius 3 is 3.12 bits per heavy atom. The number of nitriles is 1. The monoisotopic (exact) mass is 219 g/mol. The van der Waals surface area contributed by atoms with Crippen LogP contribution in [0.2, 0.25) is 0 Å². The van der Waals surface area contributed by atoms with Crippen LogP contribution in [0.1, 0.15) is 19.8 Å². The molecule has 1 fully saturated rings. The first kappa shape index (κ1) is 10.9. The van der Waals surface area contributed by atoms with Crippen LogP contribution in [0.3, 0.4) is 0 Å². The van der Waals surface area contributed by atoms with Gasteiger partial charge >= 0.3 is 5.97 Å². The van der Waals surface area contributed by atoms with Crippen LogP contribution in [-0.2, 0) is 14.3 Å². The van der Waals surface area contributed by atoms with E-state index in [1.807, 2.05) is 12.2 Å². The van der Waals surface area contributed by atoms with Crippen LogP contribution in [0, 0.1) is 11.3 Å². The second-order valence-electron chi connectivity index (χ2n) is 4.13. The standard InChI is InChI=1S/C12H13NO3/c1-3-5-11-6-4-10(16-11)7-12(11,8-13)15-9(2)14/h3-4,6,10H,1,5,7H2,2H3/t10-,11+,12+/m1/s1. The minimum atomic E-state index is -1.20. The molecule has 4 heteroatoms. The molecule has 0 saturated carbocycles. The molecule has 0 amide bonds. The van der Waals surface area contributed by atoms with Gasteiger partial charge in [-0.25, -0.2) is 0 Å². The lowest BCUT2D eigenvalue weighted by Crippen LogP contribution is -2.51. The van der Waals surface area contributed by atoms with E-state index in [4.69, 9.17) is 9.47 Å². The van der Waals surface area contributed by atoms with Crippen LogP contribution in [0.15, 0.2) is 24.8 Å².